The number of rotatable bonds is 4. The Morgan fingerprint density at radius 3 is 2.84 bits per heavy atom. The highest BCUT2D eigenvalue weighted by molar-refractivity contribution is 5.66. The lowest BCUT2D eigenvalue weighted by Gasteiger charge is -2.13. The Labute approximate surface area is 111 Å². The molecule has 1 heterocycles. The maximum atomic E-state index is 13.5. The van der Waals surface area contributed by atoms with Gasteiger partial charge in [-0.2, -0.15) is 0 Å². The van der Waals surface area contributed by atoms with Crippen molar-refractivity contribution in [3.05, 3.63) is 41.5 Å². The van der Waals surface area contributed by atoms with E-state index in [1.807, 2.05) is 6.07 Å². The summed E-state index contributed by atoms with van der Waals surface area (Å²) in [5.74, 6) is 0.862. The molecule has 0 aliphatic heterocycles. The maximum Gasteiger partial charge on any atom is 0.139 e. The number of aromatic nitrogens is 2. The Morgan fingerprint density at radius 1 is 1.32 bits per heavy atom. The van der Waals surface area contributed by atoms with Crippen molar-refractivity contribution in [3.8, 4) is 0 Å². The molecule has 1 aromatic heterocycles. The summed E-state index contributed by atoms with van der Waals surface area (Å²) in [6.45, 7) is 3.78. The average Bonchev–Trinajstić information content (AvgIpc) is 2.39. The molecule has 0 aliphatic rings. The zero-order valence-electron chi connectivity index (χ0n) is 11.1. The molecule has 19 heavy (non-hydrogen) atoms. The number of nitrogen functional groups attached to an aromatic ring is 1. The van der Waals surface area contributed by atoms with Gasteiger partial charge in [0.15, 0.2) is 0 Å². The van der Waals surface area contributed by atoms with Gasteiger partial charge < -0.3 is 11.1 Å². The van der Waals surface area contributed by atoms with Gasteiger partial charge in [-0.15, -0.1) is 0 Å². The van der Waals surface area contributed by atoms with E-state index >= 15 is 0 Å². The molecule has 100 valence electrons. The van der Waals surface area contributed by atoms with E-state index in [0.29, 0.717) is 22.9 Å². The van der Waals surface area contributed by atoms with Gasteiger partial charge in [-0.1, -0.05) is 19.4 Å². The summed E-state index contributed by atoms with van der Waals surface area (Å²) in [5.41, 5.74) is 7.98. The zero-order chi connectivity index (χ0) is 13.8. The first kappa shape index (κ1) is 13.3. The van der Waals surface area contributed by atoms with Crippen LogP contribution in [0.4, 0.5) is 21.7 Å². The molecule has 0 saturated heterocycles. The number of nitrogens with zero attached hydrogens (tertiary/aromatic N) is 2. The van der Waals surface area contributed by atoms with E-state index in [0.717, 1.165) is 18.4 Å². The molecule has 2 aromatic rings. The van der Waals surface area contributed by atoms with E-state index in [2.05, 4.69) is 22.2 Å². The molecule has 4 nitrogen and oxygen atoms in total. The van der Waals surface area contributed by atoms with Crippen LogP contribution >= 0.6 is 0 Å². The predicted molar refractivity (Wildman–Crippen MR) is 74.9 cm³/mol. The van der Waals surface area contributed by atoms with Crippen LogP contribution in [0.2, 0.25) is 0 Å². The molecule has 3 N–H and O–H groups in total. The molecule has 0 bridgehead atoms. The van der Waals surface area contributed by atoms with Crippen molar-refractivity contribution >= 4 is 17.3 Å². The fourth-order valence-corrected chi connectivity index (χ4v) is 1.90. The second kappa shape index (κ2) is 5.65. The normalized spacial score (nSPS) is 10.5. The standard InChI is InChI=1S/C14H17FN4/c1-3-5-10-13(16)17-8-18-14(10)19-12-7-4-6-11(15)9(12)2/h4,6-8H,3,5H2,1-2H3,(H3,16,17,18,19). The second-order valence-electron chi connectivity index (χ2n) is 4.37. The molecule has 0 atom stereocenters. The number of hydrogen-bond acceptors (Lipinski definition) is 4. The van der Waals surface area contributed by atoms with Gasteiger partial charge in [-0.3, -0.25) is 0 Å². The van der Waals surface area contributed by atoms with Gasteiger partial charge in [0.25, 0.3) is 0 Å². The third kappa shape index (κ3) is 2.81. The van der Waals surface area contributed by atoms with E-state index < -0.39 is 0 Å². The van der Waals surface area contributed by atoms with Gasteiger partial charge in [0.05, 0.1) is 0 Å². The fourth-order valence-electron chi connectivity index (χ4n) is 1.90. The van der Waals surface area contributed by atoms with Crippen LogP contribution < -0.4 is 11.1 Å². The van der Waals surface area contributed by atoms with E-state index in [1.165, 1.54) is 12.4 Å². The summed E-state index contributed by atoms with van der Waals surface area (Å²) in [5, 5.41) is 3.14. The van der Waals surface area contributed by atoms with Gasteiger partial charge in [-0.25, -0.2) is 14.4 Å². The second-order valence-corrected chi connectivity index (χ2v) is 4.37. The molecule has 0 saturated carbocycles. The lowest BCUT2D eigenvalue weighted by atomic mass is 10.1. The molecule has 1 aromatic carbocycles. The lowest BCUT2D eigenvalue weighted by Crippen LogP contribution is -2.06. The molecule has 0 fully saturated rings. The van der Waals surface area contributed by atoms with Gasteiger partial charge in [0.1, 0.15) is 23.8 Å². The Morgan fingerprint density at radius 2 is 2.11 bits per heavy atom. The van der Waals surface area contributed by atoms with Crippen LogP contribution in [0.1, 0.15) is 24.5 Å². The summed E-state index contributed by atoms with van der Waals surface area (Å²) in [7, 11) is 0. The van der Waals surface area contributed by atoms with Crippen molar-refractivity contribution in [1.82, 2.24) is 9.97 Å². The van der Waals surface area contributed by atoms with Crippen LogP contribution in [0, 0.1) is 12.7 Å². The van der Waals surface area contributed by atoms with Crippen molar-refractivity contribution in [1.29, 1.82) is 0 Å². The topological polar surface area (TPSA) is 63.8 Å². The summed E-state index contributed by atoms with van der Waals surface area (Å²) in [4.78, 5) is 8.19. The number of hydrogen-bond donors (Lipinski definition) is 2. The van der Waals surface area contributed by atoms with Crippen LogP contribution in [0.15, 0.2) is 24.5 Å². The Bertz CT molecular complexity index is 584. The van der Waals surface area contributed by atoms with Crippen LogP contribution in [-0.2, 0) is 6.42 Å². The number of nitrogens with two attached hydrogens (primary N) is 1. The predicted octanol–water partition coefficient (Wildman–Crippen LogP) is 3.20. The monoisotopic (exact) mass is 260 g/mol. The maximum absolute atomic E-state index is 13.5. The summed E-state index contributed by atoms with van der Waals surface area (Å²) in [6, 6.07) is 4.91. The first-order chi connectivity index (χ1) is 9.13. The third-order valence-electron chi connectivity index (χ3n) is 3.00. The fraction of sp³-hybridized carbons (Fsp3) is 0.286. The van der Waals surface area contributed by atoms with Crippen molar-refractivity contribution in [2.24, 2.45) is 0 Å². The summed E-state index contributed by atoms with van der Waals surface area (Å²) in [6.07, 6.45) is 3.13. The molecule has 0 unspecified atom stereocenters. The van der Waals surface area contributed by atoms with E-state index in [-0.39, 0.29) is 5.82 Å². The minimum absolute atomic E-state index is 0.246. The summed E-state index contributed by atoms with van der Waals surface area (Å²) < 4.78 is 13.5. The highest BCUT2D eigenvalue weighted by atomic mass is 19.1. The third-order valence-corrected chi connectivity index (χ3v) is 3.00. The number of nitrogens with one attached hydrogen (secondary N) is 1. The quantitative estimate of drug-likeness (QED) is 0.886. The Hall–Kier alpha value is -2.17. The molecule has 0 radical (unpaired) electrons. The molecule has 0 aliphatic carbocycles. The first-order valence-electron chi connectivity index (χ1n) is 6.25. The van der Waals surface area contributed by atoms with Crippen LogP contribution in [0.25, 0.3) is 0 Å². The molecule has 2 rings (SSSR count). The molecule has 0 amide bonds. The van der Waals surface area contributed by atoms with Crippen LogP contribution in [0.5, 0.6) is 0 Å². The first-order valence-corrected chi connectivity index (χ1v) is 6.25. The highest BCUT2D eigenvalue weighted by Gasteiger charge is 2.10. The van der Waals surface area contributed by atoms with E-state index in [9.17, 15) is 4.39 Å². The molecule has 0 spiro atoms. The lowest BCUT2D eigenvalue weighted by molar-refractivity contribution is 0.619. The van der Waals surface area contributed by atoms with Crippen molar-refractivity contribution in [2.75, 3.05) is 11.1 Å². The minimum atomic E-state index is -0.246. The molecule has 5 heteroatoms. The number of anilines is 3. The van der Waals surface area contributed by atoms with Crippen molar-refractivity contribution in [2.45, 2.75) is 26.7 Å². The van der Waals surface area contributed by atoms with Gasteiger partial charge >= 0.3 is 0 Å². The largest absolute Gasteiger partial charge is 0.383 e. The smallest absolute Gasteiger partial charge is 0.139 e. The van der Waals surface area contributed by atoms with Crippen molar-refractivity contribution in [3.63, 3.8) is 0 Å². The molecular weight excluding hydrogens is 243 g/mol. The Kier molecular flexibility index (Phi) is 3.94. The number of benzene rings is 1. The van der Waals surface area contributed by atoms with Crippen LogP contribution in [0.3, 0.4) is 0 Å². The summed E-state index contributed by atoms with van der Waals surface area (Å²) >= 11 is 0. The zero-order valence-corrected chi connectivity index (χ0v) is 11.1. The van der Waals surface area contributed by atoms with Gasteiger partial charge in [0.2, 0.25) is 0 Å². The minimum Gasteiger partial charge on any atom is -0.383 e. The Balaban J connectivity index is 2.38. The molecular formula is C14H17FN4. The number of halogens is 1. The van der Waals surface area contributed by atoms with E-state index in [4.69, 9.17) is 5.73 Å². The highest BCUT2D eigenvalue weighted by Crippen LogP contribution is 2.25. The SMILES string of the molecule is CCCc1c(N)ncnc1Nc1cccc(F)c1C. The van der Waals surface area contributed by atoms with E-state index in [1.54, 1.807) is 13.0 Å². The van der Waals surface area contributed by atoms with Gasteiger partial charge in [-0.05, 0) is 25.5 Å². The van der Waals surface area contributed by atoms with Crippen molar-refractivity contribution < 1.29 is 4.39 Å². The van der Waals surface area contributed by atoms with Gasteiger partial charge in [0, 0.05) is 16.8 Å². The van der Waals surface area contributed by atoms with Crippen LogP contribution in [-0.4, -0.2) is 9.97 Å². The average molecular weight is 260 g/mol.